The van der Waals surface area contributed by atoms with Crippen LogP contribution in [0.3, 0.4) is 0 Å². The van der Waals surface area contributed by atoms with Crippen LogP contribution in [0.25, 0.3) is 0 Å². The normalized spacial score (nSPS) is 22.7. The molecule has 2 aliphatic heterocycles. The molecule has 154 valence electrons. The molecule has 2 amide bonds. The zero-order valence-electron chi connectivity index (χ0n) is 16.1. The lowest BCUT2D eigenvalue weighted by Crippen LogP contribution is -2.35. The van der Waals surface area contributed by atoms with E-state index in [9.17, 15) is 9.59 Å². The number of carbonyl (C=O) groups excluding carboxylic acids is 2. The summed E-state index contributed by atoms with van der Waals surface area (Å²) in [5.41, 5.74) is 7.57. The highest BCUT2D eigenvalue weighted by Crippen LogP contribution is 2.39. The van der Waals surface area contributed by atoms with Crippen molar-refractivity contribution in [2.24, 2.45) is 17.6 Å². The molecule has 0 spiro atoms. The largest absolute Gasteiger partial charge is 0.370 e. The number of primary amides is 1. The first-order valence-electron chi connectivity index (χ1n) is 9.64. The van der Waals surface area contributed by atoms with Gasteiger partial charge in [-0.1, -0.05) is 35.3 Å². The van der Waals surface area contributed by atoms with Crippen molar-refractivity contribution in [1.82, 2.24) is 9.80 Å². The first-order valence-corrected chi connectivity index (χ1v) is 11.3. The van der Waals surface area contributed by atoms with Gasteiger partial charge >= 0.3 is 0 Å². The molecular formula is C21H23Cl2N3O2S. The number of hydrogen-bond acceptors (Lipinski definition) is 4. The average Bonchev–Trinajstić information content (AvgIpc) is 3.35. The van der Waals surface area contributed by atoms with Gasteiger partial charge in [0.25, 0.3) is 5.91 Å². The van der Waals surface area contributed by atoms with Crippen LogP contribution in [0.5, 0.6) is 0 Å². The number of rotatable bonds is 5. The minimum atomic E-state index is -0.326. The second-order valence-corrected chi connectivity index (χ2v) is 9.71. The smallest absolute Gasteiger partial charge is 0.265 e. The average molecular weight is 452 g/mol. The first-order chi connectivity index (χ1) is 13.8. The van der Waals surface area contributed by atoms with Crippen molar-refractivity contribution in [2.45, 2.75) is 19.4 Å². The number of halogens is 2. The van der Waals surface area contributed by atoms with Crippen LogP contribution in [0.4, 0.5) is 0 Å². The number of carbonyl (C=O) groups is 2. The van der Waals surface area contributed by atoms with Crippen molar-refractivity contribution >= 4 is 46.4 Å². The van der Waals surface area contributed by atoms with Gasteiger partial charge in [-0.15, -0.1) is 11.3 Å². The summed E-state index contributed by atoms with van der Waals surface area (Å²) in [6.45, 7) is 5.05. The van der Waals surface area contributed by atoms with Crippen LogP contribution in [0.2, 0.25) is 10.0 Å². The summed E-state index contributed by atoms with van der Waals surface area (Å²) in [4.78, 5) is 29.4. The Hall–Kier alpha value is -1.60. The number of fused-ring (bicyclic) bond motifs is 1. The molecule has 8 heteroatoms. The molecule has 3 unspecified atom stereocenters. The summed E-state index contributed by atoms with van der Waals surface area (Å²) in [5.74, 6) is 0.459. The van der Waals surface area contributed by atoms with E-state index in [1.165, 1.54) is 11.3 Å². The maximum atomic E-state index is 12.8. The van der Waals surface area contributed by atoms with Crippen molar-refractivity contribution in [1.29, 1.82) is 0 Å². The van der Waals surface area contributed by atoms with Gasteiger partial charge in [0.15, 0.2) is 0 Å². The quantitative estimate of drug-likeness (QED) is 0.746. The highest BCUT2D eigenvalue weighted by Gasteiger charge is 2.44. The van der Waals surface area contributed by atoms with Gasteiger partial charge in [-0.3, -0.25) is 14.5 Å². The second-order valence-electron chi connectivity index (χ2n) is 7.98. The van der Waals surface area contributed by atoms with Crippen LogP contribution in [-0.2, 0) is 4.79 Å². The Bertz CT molecular complexity index is 934. The molecule has 1 aromatic heterocycles. The Kier molecular flexibility index (Phi) is 5.89. The number of nitrogens with zero attached hydrogens (tertiary/aromatic N) is 2. The van der Waals surface area contributed by atoms with Crippen molar-refractivity contribution in [3.8, 4) is 0 Å². The monoisotopic (exact) mass is 451 g/mol. The van der Waals surface area contributed by atoms with Crippen LogP contribution in [-0.4, -0.2) is 47.8 Å². The molecule has 2 saturated heterocycles. The second kappa shape index (κ2) is 8.26. The van der Waals surface area contributed by atoms with Crippen molar-refractivity contribution in [3.63, 3.8) is 0 Å². The van der Waals surface area contributed by atoms with Gasteiger partial charge in [0, 0.05) is 43.7 Å². The first kappa shape index (κ1) is 20.7. The molecule has 3 atom stereocenters. The van der Waals surface area contributed by atoms with E-state index < -0.39 is 0 Å². The van der Waals surface area contributed by atoms with Crippen molar-refractivity contribution in [2.75, 3.05) is 26.2 Å². The lowest BCUT2D eigenvalue weighted by atomic mass is 10.0. The van der Waals surface area contributed by atoms with E-state index in [0.29, 0.717) is 39.8 Å². The third-order valence-electron chi connectivity index (χ3n) is 6.03. The Balaban J connectivity index is 1.47. The summed E-state index contributed by atoms with van der Waals surface area (Å²) in [5, 5.41) is 3.06. The van der Waals surface area contributed by atoms with Gasteiger partial charge in [0.05, 0.1) is 5.02 Å². The number of thiophene rings is 1. The highest BCUT2D eigenvalue weighted by atomic mass is 35.5. The maximum absolute atomic E-state index is 12.8. The molecule has 2 aromatic rings. The third kappa shape index (κ3) is 4.17. The Morgan fingerprint density at radius 1 is 1.14 bits per heavy atom. The Morgan fingerprint density at radius 2 is 1.83 bits per heavy atom. The van der Waals surface area contributed by atoms with Crippen LogP contribution >= 0.6 is 34.5 Å². The van der Waals surface area contributed by atoms with Gasteiger partial charge in [-0.05, 0) is 47.4 Å². The molecule has 29 heavy (non-hydrogen) atoms. The SMILES string of the molecule is Cc1ccc(C(CC(N)=O)N2CC3CN(C(=O)c4sccc4Cl)CC3C2)cc1Cl. The van der Waals surface area contributed by atoms with Gasteiger partial charge in [0.1, 0.15) is 4.88 Å². The minimum Gasteiger partial charge on any atom is -0.370 e. The molecule has 0 radical (unpaired) electrons. The lowest BCUT2D eigenvalue weighted by molar-refractivity contribution is -0.119. The van der Waals surface area contributed by atoms with E-state index in [-0.39, 0.29) is 24.3 Å². The molecule has 5 nitrogen and oxygen atoms in total. The van der Waals surface area contributed by atoms with E-state index in [1.807, 2.05) is 35.4 Å². The zero-order valence-corrected chi connectivity index (χ0v) is 18.4. The maximum Gasteiger partial charge on any atom is 0.265 e. The molecule has 2 aliphatic rings. The van der Waals surface area contributed by atoms with E-state index in [1.54, 1.807) is 6.07 Å². The number of amides is 2. The lowest BCUT2D eigenvalue weighted by Gasteiger charge is -2.29. The Labute approximate surface area is 184 Å². The number of likely N-dealkylation sites (tertiary alicyclic amines) is 2. The summed E-state index contributed by atoms with van der Waals surface area (Å²) in [6.07, 6.45) is 0.256. The van der Waals surface area contributed by atoms with Crippen LogP contribution < -0.4 is 5.73 Å². The van der Waals surface area contributed by atoms with Crippen molar-refractivity contribution < 1.29 is 9.59 Å². The van der Waals surface area contributed by atoms with E-state index >= 15 is 0 Å². The molecule has 1 aromatic carbocycles. The fourth-order valence-electron chi connectivity index (χ4n) is 4.50. The molecule has 0 bridgehead atoms. The molecule has 2 fully saturated rings. The standard InChI is InChI=1S/C21H23Cl2N3O2S/c1-12-2-3-13(6-17(12)23)18(7-19(24)27)25-8-14-10-26(11-15(14)9-25)21(28)20-16(22)4-5-29-20/h2-6,14-15,18H,7-11H2,1H3,(H2,24,27). The molecule has 0 aliphatic carbocycles. The summed E-state index contributed by atoms with van der Waals surface area (Å²) >= 11 is 13.8. The number of aryl methyl sites for hydroxylation is 1. The number of benzene rings is 1. The van der Waals surface area contributed by atoms with Gasteiger partial charge in [-0.2, -0.15) is 0 Å². The van der Waals surface area contributed by atoms with Gasteiger partial charge < -0.3 is 10.6 Å². The number of nitrogens with two attached hydrogens (primary N) is 1. The summed E-state index contributed by atoms with van der Waals surface area (Å²) in [7, 11) is 0. The molecule has 2 N–H and O–H groups in total. The fraction of sp³-hybridized carbons (Fsp3) is 0.429. The van der Waals surface area contributed by atoms with Crippen LogP contribution in [0.1, 0.15) is 33.3 Å². The summed E-state index contributed by atoms with van der Waals surface area (Å²) in [6, 6.07) is 7.62. The van der Waals surface area contributed by atoms with Gasteiger partial charge in [0.2, 0.25) is 5.91 Å². The van der Waals surface area contributed by atoms with E-state index in [4.69, 9.17) is 28.9 Å². The third-order valence-corrected chi connectivity index (χ3v) is 7.77. The van der Waals surface area contributed by atoms with Crippen molar-refractivity contribution in [3.05, 3.63) is 55.7 Å². The molecular weight excluding hydrogens is 429 g/mol. The topological polar surface area (TPSA) is 66.6 Å². The van der Waals surface area contributed by atoms with Crippen LogP contribution in [0, 0.1) is 18.8 Å². The molecule has 3 heterocycles. The van der Waals surface area contributed by atoms with Crippen LogP contribution in [0.15, 0.2) is 29.6 Å². The highest BCUT2D eigenvalue weighted by molar-refractivity contribution is 7.12. The fourth-order valence-corrected chi connectivity index (χ4v) is 5.80. The zero-order chi connectivity index (χ0) is 20.7. The van der Waals surface area contributed by atoms with E-state index in [2.05, 4.69) is 4.90 Å². The molecule has 0 saturated carbocycles. The minimum absolute atomic E-state index is 0.0185. The predicted molar refractivity (Wildman–Crippen MR) is 117 cm³/mol. The Morgan fingerprint density at radius 3 is 2.38 bits per heavy atom. The summed E-state index contributed by atoms with van der Waals surface area (Å²) < 4.78 is 0. The molecule has 4 rings (SSSR count). The predicted octanol–water partition coefficient (Wildman–Crippen LogP) is 3.98. The van der Waals surface area contributed by atoms with E-state index in [0.717, 1.165) is 24.2 Å². The number of hydrogen-bond donors (Lipinski definition) is 1. The van der Waals surface area contributed by atoms with Gasteiger partial charge in [-0.25, -0.2) is 0 Å².